The van der Waals surface area contributed by atoms with Crippen LogP contribution < -0.4 is 32.0 Å². The molecule has 0 fully saturated rings. The first-order valence-electron chi connectivity index (χ1n) is 8.11. The van der Waals surface area contributed by atoms with Crippen molar-refractivity contribution in [1.29, 1.82) is 0 Å². The zero-order valence-corrected chi connectivity index (χ0v) is 17.7. The monoisotopic (exact) mass is 458 g/mol. The molecule has 0 heterocycles. The van der Waals surface area contributed by atoms with Crippen molar-refractivity contribution in [2.24, 2.45) is 11.5 Å². The lowest BCUT2D eigenvalue weighted by molar-refractivity contribution is 0.246. The van der Waals surface area contributed by atoms with E-state index in [4.69, 9.17) is 11.5 Å². The summed E-state index contributed by atoms with van der Waals surface area (Å²) in [5.74, 6) is 0. The van der Waals surface area contributed by atoms with Crippen LogP contribution >= 0.6 is 0 Å². The summed E-state index contributed by atoms with van der Waals surface area (Å²) in [6.07, 6.45) is 0. The van der Waals surface area contributed by atoms with Crippen molar-refractivity contribution in [2.45, 2.75) is 23.6 Å². The highest BCUT2D eigenvalue weighted by Gasteiger charge is 2.14. The van der Waals surface area contributed by atoms with E-state index in [0.29, 0.717) is 0 Å². The second kappa shape index (κ2) is 10.5. The molecule has 164 valence electrons. The van der Waals surface area contributed by atoms with Crippen LogP contribution in [0.1, 0.15) is 11.1 Å². The van der Waals surface area contributed by atoms with Crippen LogP contribution in [-0.4, -0.2) is 28.9 Å². The van der Waals surface area contributed by atoms with Crippen molar-refractivity contribution in [3.05, 3.63) is 59.7 Å². The minimum atomic E-state index is -3.73. The van der Waals surface area contributed by atoms with Crippen molar-refractivity contribution < 1.29 is 26.4 Å². The number of carbonyl (C=O) groups is 2. The van der Waals surface area contributed by atoms with Gasteiger partial charge in [-0.05, 0) is 38.1 Å². The predicted molar refractivity (Wildman–Crippen MR) is 108 cm³/mol. The molecule has 2 rings (SSSR count). The van der Waals surface area contributed by atoms with Crippen molar-refractivity contribution in [3.8, 4) is 0 Å². The maximum atomic E-state index is 11.5. The molecular weight excluding hydrogens is 436 g/mol. The van der Waals surface area contributed by atoms with Gasteiger partial charge in [-0.15, -0.1) is 9.66 Å². The summed E-state index contributed by atoms with van der Waals surface area (Å²) in [5, 5.41) is 0. The van der Waals surface area contributed by atoms with Gasteiger partial charge in [-0.25, -0.2) is 26.4 Å². The van der Waals surface area contributed by atoms with E-state index in [1.165, 1.54) is 24.3 Å². The molecule has 0 aromatic heterocycles. The minimum absolute atomic E-state index is 0.0573. The molecule has 0 saturated heterocycles. The van der Waals surface area contributed by atoms with Gasteiger partial charge >= 0.3 is 12.1 Å². The van der Waals surface area contributed by atoms with Gasteiger partial charge in [0, 0.05) is 0 Å². The quantitative estimate of drug-likeness (QED) is 0.321. The van der Waals surface area contributed by atoms with Gasteiger partial charge in [0.05, 0.1) is 9.79 Å². The van der Waals surface area contributed by atoms with E-state index < -0.39 is 32.1 Å². The number of sulfonamides is 2. The highest BCUT2D eigenvalue weighted by atomic mass is 32.2. The molecule has 0 atom stereocenters. The van der Waals surface area contributed by atoms with Crippen LogP contribution in [0.5, 0.6) is 0 Å². The van der Waals surface area contributed by atoms with Gasteiger partial charge in [-0.2, -0.15) is 0 Å². The van der Waals surface area contributed by atoms with Gasteiger partial charge < -0.3 is 11.5 Å². The van der Waals surface area contributed by atoms with Gasteiger partial charge in [-0.3, -0.25) is 10.9 Å². The molecule has 0 bridgehead atoms. The molecule has 0 saturated carbocycles. The second-order valence-electron chi connectivity index (χ2n) is 5.82. The Kier molecular flexibility index (Phi) is 8.73. The Bertz CT molecular complexity index is 995. The normalized spacial score (nSPS) is 11.0. The molecule has 12 nitrogen and oxygen atoms in total. The molecule has 2 aromatic rings. The zero-order chi connectivity index (χ0) is 22.9. The molecule has 0 radical (unpaired) electrons. The smallest absolute Gasteiger partial charge is 0.327 e. The standard InChI is InChI=1S/2C8H11N3O3S/c2*1-6-2-4-7(5-3-6)15(13,14)11-10-8(9)12/h2*2-5,11H,1H3,(H3,9,10,12). The van der Waals surface area contributed by atoms with E-state index in [1.54, 1.807) is 35.1 Å². The van der Waals surface area contributed by atoms with Crippen LogP contribution in [-0.2, 0) is 20.0 Å². The fourth-order valence-electron chi connectivity index (χ4n) is 1.79. The van der Waals surface area contributed by atoms with Crippen LogP contribution in [0.25, 0.3) is 0 Å². The average Bonchev–Trinajstić information content (AvgIpc) is 2.66. The summed E-state index contributed by atoms with van der Waals surface area (Å²) in [7, 11) is -7.47. The van der Waals surface area contributed by atoms with Crippen molar-refractivity contribution >= 4 is 32.1 Å². The summed E-state index contributed by atoms with van der Waals surface area (Å²) in [5.41, 5.74) is 14.9. The zero-order valence-electron chi connectivity index (χ0n) is 16.0. The Morgan fingerprint density at radius 2 is 0.900 bits per heavy atom. The highest BCUT2D eigenvalue weighted by Crippen LogP contribution is 2.09. The van der Waals surface area contributed by atoms with Crippen molar-refractivity contribution in [2.75, 3.05) is 0 Å². The Morgan fingerprint density at radius 1 is 0.633 bits per heavy atom. The number of urea groups is 2. The third-order valence-corrected chi connectivity index (χ3v) is 5.81. The van der Waals surface area contributed by atoms with Crippen LogP contribution in [0.3, 0.4) is 0 Å². The van der Waals surface area contributed by atoms with Crippen molar-refractivity contribution in [3.63, 3.8) is 0 Å². The van der Waals surface area contributed by atoms with Crippen LogP contribution in [0.4, 0.5) is 9.59 Å². The topological polar surface area (TPSA) is 203 Å². The predicted octanol–water partition coefficient (Wildman–Crippen LogP) is -0.287. The number of benzene rings is 2. The van der Waals surface area contributed by atoms with Gasteiger partial charge in [0.1, 0.15) is 0 Å². The third kappa shape index (κ3) is 8.44. The first kappa shape index (κ1) is 24.8. The van der Waals surface area contributed by atoms with E-state index >= 15 is 0 Å². The summed E-state index contributed by atoms with van der Waals surface area (Å²) < 4.78 is 45.9. The molecule has 4 amide bonds. The van der Waals surface area contributed by atoms with E-state index in [2.05, 4.69) is 0 Å². The van der Waals surface area contributed by atoms with Gasteiger partial charge in [-0.1, -0.05) is 35.4 Å². The first-order valence-corrected chi connectivity index (χ1v) is 11.1. The van der Waals surface area contributed by atoms with E-state index in [9.17, 15) is 26.4 Å². The van der Waals surface area contributed by atoms with E-state index in [0.717, 1.165) is 11.1 Å². The minimum Gasteiger partial charge on any atom is -0.351 e. The maximum absolute atomic E-state index is 11.5. The van der Waals surface area contributed by atoms with Crippen molar-refractivity contribution in [1.82, 2.24) is 20.5 Å². The number of hydrogen-bond donors (Lipinski definition) is 6. The summed E-state index contributed by atoms with van der Waals surface area (Å²) in [6.45, 7) is 3.68. The van der Waals surface area contributed by atoms with Crippen LogP contribution in [0.2, 0.25) is 0 Å². The number of nitrogens with one attached hydrogen (secondary N) is 4. The molecule has 2 aromatic carbocycles. The number of rotatable bonds is 6. The van der Waals surface area contributed by atoms with Crippen LogP contribution in [0, 0.1) is 13.8 Å². The largest absolute Gasteiger partial charge is 0.351 e. The van der Waals surface area contributed by atoms with Gasteiger partial charge in [0.25, 0.3) is 20.0 Å². The fraction of sp³-hybridized carbons (Fsp3) is 0.125. The van der Waals surface area contributed by atoms with E-state index in [1.807, 2.05) is 23.5 Å². The molecule has 8 N–H and O–H groups in total. The lowest BCUT2D eigenvalue weighted by atomic mass is 10.2. The number of hydrazine groups is 2. The number of nitrogens with two attached hydrogens (primary N) is 2. The maximum Gasteiger partial charge on any atom is 0.327 e. The highest BCUT2D eigenvalue weighted by molar-refractivity contribution is 7.89. The molecule has 0 aliphatic heterocycles. The molecule has 0 aliphatic rings. The fourth-order valence-corrected chi connectivity index (χ4v) is 3.48. The average molecular weight is 459 g/mol. The lowest BCUT2D eigenvalue weighted by Crippen LogP contribution is -2.44. The molecule has 0 unspecified atom stereocenters. The summed E-state index contributed by atoms with van der Waals surface area (Å²) in [4.78, 5) is 24.4. The van der Waals surface area contributed by atoms with Gasteiger partial charge in [0.2, 0.25) is 0 Å². The number of aryl methyl sites for hydroxylation is 2. The lowest BCUT2D eigenvalue weighted by Gasteiger charge is -2.06. The summed E-state index contributed by atoms with van der Waals surface area (Å²) >= 11 is 0. The molecule has 30 heavy (non-hydrogen) atoms. The number of primary amides is 2. The Morgan fingerprint density at radius 3 is 1.13 bits per heavy atom. The number of amides is 4. The van der Waals surface area contributed by atoms with Crippen LogP contribution in [0.15, 0.2) is 58.3 Å². The Hall–Kier alpha value is -3.20. The molecule has 14 heteroatoms. The SMILES string of the molecule is Cc1ccc(S(=O)(=O)NNC(N)=O)cc1.Cc1ccc(S(=O)(=O)NNC(N)=O)cc1. The Balaban J connectivity index is 0.000000300. The molecular formula is C16H22N6O6S2. The summed E-state index contributed by atoms with van der Waals surface area (Å²) in [6, 6.07) is 10.4. The molecule has 0 aliphatic carbocycles. The van der Waals surface area contributed by atoms with E-state index in [-0.39, 0.29) is 9.79 Å². The first-order chi connectivity index (χ1) is 13.8. The number of hydrogen-bond acceptors (Lipinski definition) is 6. The Labute approximate surface area is 174 Å². The third-order valence-electron chi connectivity index (χ3n) is 3.28. The molecule has 0 spiro atoms. The number of carbonyl (C=O) groups excluding carboxylic acids is 2. The van der Waals surface area contributed by atoms with Gasteiger partial charge in [0.15, 0.2) is 0 Å². The second-order valence-corrected chi connectivity index (χ2v) is 9.18.